The molecule has 1 fully saturated rings. The van der Waals surface area contributed by atoms with Gasteiger partial charge >= 0.3 is 6.36 Å². The second kappa shape index (κ2) is 12.2. The Balaban J connectivity index is 1.39. The van der Waals surface area contributed by atoms with Crippen LogP contribution in [0.1, 0.15) is 43.4 Å². The summed E-state index contributed by atoms with van der Waals surface area (Å²) in [7, 11) is 0. The third-order valence-electron chi connectivity index (χ3n) is 5.76. The summed E-state index contributed by atoms with van der Waals surface area (Å²) in [6, 6.07) is 20.9. The van der Waals surface area contributed by atoms with Crippen molar-refractivity contribution in [3.63, 3.8) is 0 Å². The number of thioether (sulfide) groups is 1. The number of rotatable bonds is 8. The van der Waals surface area contributed by atoms with E-state index in [1.165, 1.54) is 36.2 Å². The molecule has 39 heavy (non-hydrogen) atoms. The Bertz CT molecular complexity index is 1410. The molecule has 11 heteroatoms. The molecule has 1 aliphatic rings. The molecule has 0 bridgehead atoms. The van der Waals surface area contributed by atoms with E-state index in [0.717, 1.165) is 28.0 Å². The Kier molecular flexibility index (Phi) is 8.70. The molecule has 0 aromatic heterocycles. The van der Waals surface area contributed by atoms with Crippen LogP contribution in [-0.4, -0.2) is 35.3 Å². The lowest BCUT2D eigenvalue weighted by Gasteiger charge is -2.35. The number of alkyl halides is 3. The third kappa shape index (κ3) is 7.47. The van der Waals surface area contributed by atoms with E-state index >= 15 is 0 Å². The minimum Gasteiger partial charge on any atom is -0.406 e. The molecule has 0 aliphatic carbocycles. The van der Waals surface area contributed by atoms with Gasteiger partial charge in [-0.15, -0.1) is 18.3 Å². The van der Waals surface area contributed by atoms with E-state index in [0.29, 0.717) is 17.2 Å². The zero-order valence-electron chi connectivity index (χ0n) is 21.6. The van der Waals surface area contributed by atoms with Gasteiger partial charge < -0.3 is 15.4 Å². The molecule has 0 radical (unpaired) electrons. The Morgan fingerprint density at radius 2 is 1.67 bits per heavy atom. The number of benzene rings is 3. The van der Waals surface area contributed by atoms with E-state index in [4.69, 9.17) is 5.73 Å². The van der Waals surface area contributed by atoms with E-state index in [2.05, 4.69) is 61.9 Å². The second-order valence-electron chi connectivity index (χ2n) is 8.86. The fourth-order valence-corrected chi connectivity index (χ4v) is 4.40. The molecule has 1 saturated heterocycles. The zero-order valence-corrected chi connectivity index (χ0v) is 22.4. The first-order valence-corrected chi connectivity index (χ1v) is 13.0. The van der Waals surface area contributed by atoms with Gasteiger partial charge in [0.15, 0.2) is 5.17 Å². The first kappa shape index (κ1) is 27.9. The molecule has 0 atom stereocenters. The Labute approximate surface area is 229 Å². The molecule has 202 valence electrons. The van der Waals surface area contributed by atoms with E-state index in [9.17, 15) is 13.2 Å². The van der Waals surface area contributed by atoms with Crippen molar-refractivity contribution < 1.29 is 17.9 Å². The number of hydrogen-bond donors (Lipinski definition) is 1. The van der Waals surface area contributed by atoms with Crippen LogP contribution in [0.4, 0.5) is 24.5 Å². The molecule has 1 heterocycles. The smallest absolute Gasteiger partial charge is 0.406 e. The maximum atomic E-state index is 12.3. The van der Waals surface area contributed by atoms with Crippen LogP contribution in [0.5, 0.6) is 5.75 Å². The van der Waals surface area contributed by atoms with Crippen LogP contribution in [0.3, 0.4) is 0 Å². The van der Waals surface area contributed by atoms with E-state index in [1.807, 2.05) is 37.3 Å². The molecule has 4 rings (SSSR count). The summed E-state index contributed by atoms with van der Waals surface area (Å²) in [6.07, 6.45) is -3.50. The summed E-state index contributed by atoms with van der Waals surface area (Å²) >= 11 is 1.65. The van der Waals surface area contributed by atoms with Crippen molar-refractivity contribution in [2.75, 3.05) is 10.8 Å². The van der Waals surface area contributed by atoms with Gasteiger partial charge in [-0.1, -0.05) is 68.1 Å². The molecule has 0 unspecified atom stereocenters. The van der Waals surface area contributed by atoms with Crippen molar-refractivity contribution >= 4 is 46.2 Å². The van der Waals surface area contributed by atoms with Crippen molar-refractivity contribution in [3.8, 4) is 5.75 Å². The van der Waals surface area contributed by atoms with Crippen molar-refractivity contribution in [1.82, 2.24) is 0 Å². The highest BCUT2D eigenvalue weighted by Crippen LogP contribution is 2.35. The summed E-state index contributed by atoms with van der Waals surface area (Å²) in [5.74, 6) is 1.16. The summed E-state index contributed by atoms with van der Waals surface area (Å²) in [5, 5.41) is 9.77. The molecule has 0 saturated carbocycles. The van der Waals surface area contributed by atoms with Crippen molar-refractivity contribution in [1.29, 1.82) is 0 Å². The minimum absolute atomic E-state index is 0.238. The standard InChI is InChI=1S/C28H27F3N6OS/c1-18(2)24-6-4-5-7-25(24)37-17-39-27(37)36-35-19(3)20-8-10-21(11-9-20)26(32)34-16-33-22-12-14-23(15-13-22)38-28(29,30)31/h4-16,18H,17H2,1-3H3,(H2,32,33,34)/b35-19+,36-27-. The van der Waals surface area contributed by atoms with Gasteiger partial charge in [0.05, 0.1) is 17.3 Å². The first-order valence-electron chi connectivity index (χ1n) is 12.0. The Morgan fingerprint density at radius 3 is 2.28 bits per heavy atom. The fraction of sp³-hybridized carbons (Fsp3) is 0.214. The highest BCUT2D eigenvalue weighted by Gasteiger charge is 2.31. The van der Waals surface area contributed by atoms with Gasteiger partial charge in [-0.2, -0.15) is 5.10 Å². The largest absolute Gasteiger partial charge is 0.573 e. The number of amidine groups is 2. The van der Waals surface area contributed by atoms with Crippen molar-refractivity contribution in [2.24, 2.45) is 25.9 Å². The van der Waals surface area contributed by atoms with Crippen LogP contribution >= 0.6 is 11.8 Å². The van der Waals surface area contributed by atoms with Gasteiger partial charge in [0.1, 0.15) is 17.9 Å². The van der Waals surface area contributed by atoms with Crippen LogP contribution in [0.2, 0.25) is 0 Å². The van der Waals surface area contributed by atoms with Gasteiger partial charge in [-0.3, -0.25) is 0 Å². The fourth-order valence-electron chi connectivity index (χ4n) is 3.69. The van der Waals surface area contributed by atoms with Crippen LogP contribution in [-0.2, 0) is 0 Å². The lowest BCUT2D eigenvalue weighted by molar-refractivity contribution is -0.274. The first-order chi connectivity index (χ1) is 18.6. The number of aliphatic imine (C=N–C) groups is 2. The monoisotopic (exact) mass is 552 g/mol. The zero-order chi connectivity index (χ0) is 28.0. The summed E-state index contributed by atoms with van der Waals surface area (Å²) in [4.78, 5) is 10.4. The predicted molar refractivity (Wildman–Crippen MR) is 154 cm³/mol. The van der Waals surface area contributed by atoms with Crippen LogP contribution in [0.15, 0.2) is 93.0 Å². The molecule has 0 amide bonds. The quantitative estimate of drug-likeness (QED) is 0.184. The maximum absolute atomic E-state index is 12.3. The second-order valence-corrected chi connectivity index (χ2v) is 9.77. The van der Waals surface area contributed by atoms with Crippen LogP contribution in [0.25, 0.3) is 0 Å². The minimum atomic E-state index is -4.74. The summed E-state index contributed by atoms with van der Waals surface area (Å²) < 4.78 is 40.6. The van der Waals surface area contributed by atoms with Crippen LogP contribution < -0.4 is 15.4 Å². The number of halogens is 3. The topological polar surface area (TPSA) is 87.9 Å². The van der Waals surface area contributed by atoms with Crippen molar-refractivity contribution in [2.45, 2.75) is 33.1 Å². The van der Waals surface area contributed by atoms with Gasteiger partial charge in [-0.25, -0.2) is 9.98 Å². The molecule has 1 aliphatic heterocycles. The normalized spacial score (nSPS) is 15.8. The Hall–Kier alpha value is -4.12. The number of nitrogens with zero attached hydrogens (tertiary/aromatic N) is 5. The number of anilines is 1. The highest BCUT2D eigenvalue weighted by molar-refractivity contribution is 8.16. The molecule has 7 nitrogen and oxygen atoms in total. The lowest BCUT2D eigenvalue weighted by atomic mass is 10.0. The molecular weight excluding hydrogens is 525 g/mol. The summed E-state index contributed by atoms with van der Waals surface area (Å²) in [5.41, 5.74) is 11.2. The molecule has 3 aromatic carbocycles. The van der Waals surface area contributed by atoms with Crippen molar-refractivity contribution in [3.05, 3.63) is 89.5 Å². The SMILES string of the molecule is C/C(=N\N=C1/SCN1c1ccccc1C(C)C)c1ccc(C(N)=NC=Nc2ccc(OC(F)(F)F)cc2)cc1. The number of nitrogens with two attached hydrogens (primary N) is 1. The van der Waals surface area contributed by atoms with E-state index in [1.54, 1.807) is 11.8 Å². The summed E-state index contributed by atoms with van der Waals surface area (Å²) in [6.45, 7) is 6.25. The van der Waals surface area contributed by atoms with Gasteiger partial charge in [-0.05, 0) is 54.3 Å². The van der Waals surface area contributed by atoms with E-state index in [-0.39, 0.29) is 11.6 Å². The molecule has 2 N–H and O–H groups in total. The average molecular weight is 553 g/mol. The van der Waals surface area contributed by atoms with Crippen LogP contribution in [0, 0.1) is 0 Å². The number of para-hydroxylation sites is 1. The maximum Gasteiger partial charge on any atom is 0.573 e. The Morgan fingerprint density at radius 1 is 1.00 bits per heavy atom. The average Bonchev–Trinajstić information content (AvgIpc) is 2.88. The predicted octanol–water partition coefficient (Wildman–Crippen LogP) is 7.06. The lowest BCUT2D eigenvalue weighted by Crippen LogP contribution is -2.39. The molecule has 3 aromatic rings. The molecule has 0 spiro atoms. The number of ether oxygens (including phenoxy) is 1. The van der Waals surface area contributed by atoms with E-state index < -0.39 is 6.36 Å². The van der Waals surface area contributed by atoms with Gasteiger partial charge in [0.2, 0.25) is 0 Å². The van der Waals surface area contributed by atoms with Gasteiger partial charge in [0.25, 0.3) is 0 Å². The number of hydrogen-bond acceptors (Lipinski definition) is 5. The molecular formula is C28H27F3N6OS. The third-order valence-corrected chi connectivity index (χ3v) is 6.71. The van der Waals surface area contributed by atoms with Gasteiger partial charge in [0, 0.05) is 11.3 Å². The highest BCUT2D eigenvalue weighted by atomic mass is 32.2.